The number of hydrogen-bond acceptors (Lipinski definition) is 3. The number of hydrogen-bond donors (Lipinski definition) is 1. The molecule has 15 heavy (non-hydrogen) atoms. The van der Waals surface area contributed by atoms with Gasteiger partial charge in [0.2, 0.25) is 0 Å². The number of likely N-dealkylation sites (tertiary alicyclic amines) is 1. The van der Waals surface area contributed by atoms with Crippen molar-refractivity contribution in [2.24, 2.45) is 0 Å². The smallest absolute Gasteiger partial charge is 0.326 e. The van der Waals surface area contributed by atoms with Gasteiger partial charge in [-0.2, -0.15) is 0 Å². The van der Waals surface area contributed by atoms with E-state index in [1.165, 1.54) is 4.90 Å². The molecule has 5 heteroatoms. The molecule has 84 valence electrons. The maximum absolute atomic E-state index is 11.8. The molecule has 0 aromatic rings. The van der Waals surface area contributed by atoms with Crippen LogP contribution in [-0.4, -0.2) is 47.2 Å². The molecule has 0 aliphatic carbocycles. The molecule has 1 N–H and O–H groups in total. The van der Waals surface area contributed by atoms with E-state index in [9.17, 15) is 9.59 Å². The van der Waals surface area contributed by atoms with Gasteiger partial charge in [0.15, 0.2) is 0 Å². The summed E-state index contributed by atoms with van der Waals surface area (Å²) in [7, 11) is 0. The molecule has 0 saturated carbocycles. The zero-order valence-corrected chi connectivity index (χ0v) is 8.52. The van der Waals surface area contributed by atoms with E-state index in [1.54, 1.807) is 0 Å². The third-order valence-corrected chi connectivity index (χ3v) is 3.04. The van der Waals surface area contributed by atoms with Gasteiger partial charge >= 0.3 is 5.97 Å². The second-order valence-electron chi connectivity index (χ2n) is 4.03. The van der Waals surface area contributed by atoms with Crippen LogP contribution in [0.15, 0.2) is 0 Å². The van der Waals surface area contributed by atoms with Gasteiger partial charge in [-0.1, -0.05) is 0 Å². The van der Waals surface area contributed by atoms with Gasteiger partial charge in [0.25, 0.3) is 5.91 Å². The maximum atomic E-state index is 11.8. The number of carbonyl (C=O) groups excluding carboxylic acids is 1. The van der Waals surface area contributed by atoms with Crippen molar-refractivity contribution in [3.63, 3.8) is 0 Å². The predicted octanol–water partition coefficient (Wildman–Crippen LogP) is 0.241. The third-order valence-electron chi connectivity index (χ3n) is 3.04. The monoisotopic (exact) mass is 213 g/mol. The van der Waals surface area contributed by atoms with E-state index in [-0.39, 0.29) is 5.91 Å². The third kappa shape index (κ3) is 1.97. The number of carbonyl (C=O) groups is 2. The summed E-state index contributed by atoms with van der Waals surface area (Å²) in [6.45, 7) is 1.16. The van der Waals surface area contributed by atoms with E-state index in [2.05, 4.69) is 0 Å². The Morgan fingerprint density at radius 2 is 2.07 bits per heavy atom. The van der Waals surface area contributed by atoms with Crippen molar-refractivity contribution in [2.45, 2.75) is 37.8 Å². The molecule has 2 heterocycles. The van der Waals surface area contributed by atoms with Crippen LogP contribution in [0.4, 0.5) is 0 Å². The van der Waals surface area contributed by atoms with Crippen LogP contribution < -0.4 is 0 Å². The first-order chi connectivity index (χ1) is 7.20. The van der Waals surface area contributed by atoms with Gasteiger partial charge in [-0.25, -0.2) is 4.79 Å². The molecule has 2 rings (SSSR count). The van der Waals surface area contributed by atoms with Crippen molar-refractivity contribution >= 4 is 11.9 Å². The zero-order chi connectivity index (χ0) is 10.8. The topological polar surface area (TPSA) is 66.8 Å². The lowest BCUT2D eigenvalue weighted by molar-refractivity contribution is -0.165. The molecule has 0 spiro atoms. The molecule has 1 amide bonds. The first-order valence-corrected chi connectivity index (χ1v) is 5.35. The van der Waals surface area contributed by atoms with Gasteiger partial charge in [0.05, 0.1) is 0 Å². The largest absolute Gasteiger partial charge is 0.480 e. The molecule has 0 radical (unpaired) electrons. The molecule has 2 unspecified atom stereocenters. The van der Waals surface area contributed by atoms with E-state index < -0.39 is 18.1 Å². The van der Waals surface area contributed by atoms with Crippen molar-refractivity contribution in [3.8, 4) is 0 Å². The first kappa shape index (κ1) is 10.4. The highest BCUT2D eigenvalue weighted by Crippen LogP contribution is 2.22. The number of nitrogens with zero attached hydrogens (tertiary/aromatic N) is 1. The van der Waals surface area contributed by atoms with Gasteiger partial charge in [-0.3, -0.25) is 4.79 Å². The van der Waals surface area contributed by atoms with Crippen molar-refractivity contribution in [2.75, 3.05) is 13.2 Å². The lowest BCUT2D eigenvalue weighted by atomic mass is 10.00. The Kier molecular flexibility index (Phi) is 2.90. The minimum atomic E-state index is -0.912. The normalized spacial score (nSPS) is 30.8. The Balaban J connectivity index is 1.92. The summed E-state index contributed by atoms with van der Waals surface area (Å²) in [5.74, 6) is -1.06. The minimum absolute atomic E-state index is 0.145. The number of aliphatic carboxylic acids is 1. The number of carboxylic acid groups (broad SMARTS) is 1. The van der Waals surface area contributed by atoms with E-state index in [0.29, 0.717) is 19.6 Å². The van der Waals surface area contributed by atoms with Gasteiger partial charge in [-0.15, -0.1) is 0 Å². The van der Waals surface area contributed by atoms with Crippen LogP contribution >= 0.6 is 0 Å². The van der Waals surface area contributed by atoms with Crippen molar-refractivity contribution in [1.82, 2.24) is 4.90 Å². The summed E-state index contributed by atoms with van der Waals surface area (Å²) in [6.07, 6.45) is 2.87. The van der Waals surface area contributed by atoms with Crippen LogP contribution in [-0.2, 0) is 14.3 Å². The fourth-order valence-corrected chi connectivity index (χ4v) is 2.03. The van der Waals surface area contributed by atoms with Gasteiger partial charge in [-0.05, 0) is 25.7 Å². The van der Waals surface area contributed by atoms with Crippen molar-refractivity contribution in [1.29, 1.82) is 0 Å². The Bertz CT molecular complexity index is 273. The fourth-order valence-electron chi connectivity index (χ4n) is 2.03. The molecular weight excluding hydrogens is 198 g/mol. The highest BCUT2D eigenvalue weighted by atomic mass is 16.5. The maximum Gasteiger partial charge on any atom is 0.326 e. The van der Waals surface area contributed by atoms with Crippen LogP contribution in [0.1, 0.15) is 25.7 Å². The summed E-state index contributed by atoms with van der Waals surface area (Å²) < 4.78 is 5.34. The Morgan fingerprint density at radius 3 is 2.53 bits per heavy atom. The van der Waals surface area contributed by atoms with E-state index in [0.717, 1.165) is 19.3 Å². The highest BCUT2D eigenvalue weighted by molar-refractivity contribution is 5.88. The van der Waals surface area contributed by atoms with E-state index in [1.807, 2.05) is 0 Å². The number of ether oxygens (including phenoxy) is 1. The molecule has 2 aliphatic heterocycles. The average molecular weight is 213 g/mol. The molecule has 2 fully saturated rings. The molecule has 0 bridgehead atoms. The van der Waals surface area contributed by atoms with Gasteiger partial charge in [0, 0.05) is 13.2 Å². The lowest BCUT2D eigenvalue weighted by Gasteiger charge is -2.40. The van der Waals surface area contributed by atoms with E-state index in [4.69, 9.17) is 9.84 Å². The molecule has 0 aromatic heterocycles. The SMILES string of the molecule is O=C(O)C1CCN1C(=O)C1CCCCO1. The van der Waals surface area contributed by atoms with E-state index >= 15 is 0 Å². The number of rotatable bonds is 2. The van der Waals surface area contributed by atoms with Crippen LogP contribution in [0.3, 0.4) is 0 Å². The van der Waals surface area contributed by atoms with Crippen LogP contribution in [0.5, 0.6) is 0 Å². The summed E-state index contributed by atoms with van der Waals surface area (Å²) in [5.41, 5.74) is 0. The second kappa shape index (κ2) is 4.18. The van der Waals surface area contributed by atoms with Gasteiger partial charge < -0.3 is 14.7 Å². The van der Waals surface area contributed by atoms with Crippen molar-refractivity contribution in [3.05, 3.63) is 0 Å². The van der Waals surface area contributed by atoms with Crippen LogP contribution in [0.25, 0.3) is 0 Å². The minimum Gasteiger partial charge on any atom is -0.480 e. The zero-order valence-electron chi connectivity index (χ0n) is 8.52. The van der Waals surface area contributed by atoms with Crippen LogP contribution in [0, 0.1) is 0 Å². The summed E-state index contributed by atoms with van der Waals surface area (Å²) >= 11 is 0. The highest BCUT2D eigenvalue weighted by Gasteiger charge is 2.40. The Morgan fingerprint density at radius 1 is 1.27 bits per heavy atom. The quantitative estimate of drug-likeness (QED) is 0.713. The molecule has 2 atom stereocenters. The molecule has 0 aromatic carbocycles. The second-order valence-corrected chi connectivity index (χ2v) is 4.03. The van der Waals surface area contributed by atoms with Gasteiger partial charge in [0.1, 0.15) is 12.1 Å². The molecule has 2 aliphatic rings. The summed E-state index contributed by atoms with van der Waals surface area (Å²) in [6, 6.07) is -0.622. The first-order valence-electron chi connectivity index (χ1n) is 5.35. The lowest BCUT2D eigenvalue weighted by Crippen LogP contribution is -2.58. The summed E-state index contributed by atoms with van der Waals surface area (Å²) in [4.78, 5) is 24.0. The Labute approximate surface area is 88.0 Å². The predicted molar refractivity (Wildman–Crippen MR) is 51.3 cm³/mol. The fraction of sp³-hybridized carbons (Fsp3) is 0.800. The Hall–Kier alpha value is -1.10. The number of amides is 1. The average Bonchev–Trinajstić information content (AvgIpc) is 2.16. The molecular formula is C10H15NO4. The molecule has 2 saturated heterocycles. The molecule has 5 nitrogen and oxygen atoms in total. The number of carboxylic acids is 1. The standard InChI is InChI=1S/C10H15NO4/c12-9(8-3-1-2-6-15-8)11-5-4-7(11)10(13)14/h7-8H,1-6H2,(H,13,14). The van der Waals surface area contributed by atoms with Crippen LogP contribution in [0.2, 0.25) is 0 Å². The summed E-state index contributed by atoms with van der Waals surface area (Å²) in [5, 5.41) is 8.82. The van der Waals surface area contributed by atoms with Crippen molar-refractivity contribution < 1.29 is 19.4 Å².